The molecule has 4 aromatic rings. The predicted molar refractivity (Wildman–Crippen MR) is 168 cm³/mol. The summed E-state index contributed by atoms with van der Waals surface area (Å²) < 4.78 is 80.8. The lowest BCUT2D eigenvalue weighted by molar-refractivity contribution is -0.143. The Bertz CT molecular complexity index is 1630. The van der Waals surface area contributed by atoms with Crippen molar-refractivity contribution in [3.8, 4) is 0 Å². The number of carbonyl (C=O) groups excluding carboxylic acids is 1. The summed E-state index contributed by atoms with van der Waals surface area (Å²) in [6.45, 7) is 6.75. The van der Waals surface area contributed by atoms with Crippen molar-refractivity contribution in [1.29, 1.82) is 0 Å². The maximum absolute atomic E-state index is 13.8. The van der Waals surface area contributed by atoms with Crippen molar-refractivity contribution in [1.82, 2.24) is 19.7 Å². The number of pyridine rings is 1. The number of benzene rings is 3. The number of nitrogens with zero attached hydrogens (tertiary/aromatic N) is 4. The molecule has 46 heavy (non-hydrogen) atoms. The number of para-hydroxylation sites is 1. The second-order valence-electron chi connectivity index (χ2n) is 11.1. The van der Waals surface area contributed by atoms with E-state index >= 15 is 0 Å². The van der Waals surface area contributed by atoms with Crippen LogP contribution >= 0.6 is 12.4 Å². The monoisotopic (exact) mass is 664 g/mol. The zero-order valence-electron chi connectivity index (χ0n) is 25.4. The number of halogens is 7. The second kappa shape index (κ2) is 14.4. The van der Waals surface area contributed by atoms with Crippen LogP contribution in [0.3, 0.4) is 0 Å². The molecule has 0 bridgehead atoms. The van der Waals surface area contributed by atoms with Gasteiger partial charge in [0.25, 0.3) is 5.91 Å². The van der Waals surface area contributed by atoms with Crippen molar-refractivity contribution in [3.63, 3.8) is 0 Å². The van der Waals surface area contributed by atoms with Gasteiger partial charge in [0.1, 0.15) is 0 Å². The Kier molecular flexibility index (Phi) is 11.0. The standard InChI is InChI=1S/C34H34F6N4O.ClH/c1-3-43(4-2)32(45)25-12-10-24(11-13-25)31(28-9-5-7-23-8-6-16-41-30(23)28)44-19-17-42(18-20-44)22-26-14-15-27(33(35,36)37)21-29(26)34(38,39)40;/h5-16,21,31H,3-4,17-20,22H2,1-2H3;1H. The third-order valence-corrected chi connectivity index (χ3v) is 8.39. The highest BCUT2D eigenvalue weighted by Crippen LogP contribution is 2.38. The van der Waals surface area contributed by atoms with Crippen LogP contribution in [-0.2, 0) is 18.9 Å². The molecule has 1 aromatic heterocycles. The lowest BCUT2D eigenvalue weighted by atomic mass is 9.93. The molecular weight excluding hydrogens is 630 g/mol. The summed E-state index contributed by atoms with van der Waals surface area (Å²) in [6, 6.07) is 18.9. The molecule has 2 heterocycles. The van der Waals surface area contributed by atoms with Crippen LogP contribution < -0.4 is 0 Å². The van der Waals surface area contributed by atoms with E-state index in [1.807, 2.05) is 73.3 Å². The molecule has 5 nitrogen and oxygen atoms in total. The summed E-state index contributed by atoms with van der Waals surface area (Å²) in [5, 5.41) is 0.967. The van der Waals surface area contributed by atoms with E-state index in [1.54, 1.807) is 11.1 Å². The van der Waals surface area contributed by atoms with E-state index in [1.165, 1.54) is 0 Å². The fourth-order valence-electron chi connectivity index (χ4n) is 6.01. The zero-order chi connectivity index (χ0) is 32.4. The maximum atomic E-state index is 13.8. The van der Waals surface area contributed by atoms with Crippen LogP contribution in [0.1, 0.15) is 58.1 Å². The van der Waals surface area contributed by atoms with Crippen LogP contribution in [0.15, 0.2) is 79.0 Å². The summed E-state index contributed by atoms with van der Waals surface area (Å²) in [4.78, 5) is 23.4. The van der Waals surface area contributed by atoms with Gasteiger partial charge in [-0.25, -0.2) is 0 Å². The number of carbonyl (C=O) groups is 1. The largest absolute Gasteiger partial charge is 0.416 e. The molecule has 5 rings (SSSR count). The number of fused-ring (bicyclic) bond motifs is 1. The van der Waals surface area contributed by atoms with Crippen LogP contribution in [0.4, 0.5) is 26.3 Å². The van der Waals surface area contributed by atoms with Gasteiger partial charge in [-0.05, 0) is 55.3 Å². The first-order chi connectivity index (χ1) is 21.4. The van der Waals surface area contributed by atoms with Gasteiger partial charge < -0.3 is 4.90 Å². The predicted octanol–water partition coefficient (Wildman–Crippen LogP) is 8.08. The van der Waals surface area contributed by atoms with E-state index in [4.69, 9.17) is 0 Å². The van der Waals surface area contributed by atoms with E-state index in [-0.39, 0.29) is 42.5 Å². The number of alkyl halides is 6. The van der Waals surface area contributed by atoms with E-state index < -0.39 is 23.5 Å². The minimum Gasteiger partial charge on any atom is -0.339 e. The topological polar surface area (TPSA) is 39.7 Å². The Morgan fingerprint density at radius 2 is 1.50 bits per heavy atom. The van der Waals surface area contributed by atoms with E-state index in [0.29, 0.717) is 50.9 Å². The molecule has 1 aliphatic rings. The van der Waals surface area contributed by atoms with Crippen molar-refractivity contribution >= 4 is 29.2 Å². The Hall–Kier alpha value is -3.67. The normalized spacial score (nSPS) is 15.4. The van der Waals surface area contributed by atoms with E-state index in [0.717, 1.165) is 28.1 Å². The average Bonchev–Trinajstić information content (AvgIpc) is 3.02. The first-order valence-electron chi connectivity index (χ1n) is 14.9. The van der Waals surface area contributed by atoms with Crippen molar-refractivity contribution in [2.45, 2.75) is 38.8 Å². The molecular formula is C34H35ClF6N4O. The molecule has 246 valence electrons. The van der Waals surface area contributed by atoms with Crippen LogP contribution in [0.2, 0.25) is 0 Å². The molecule has 3 aromatic carbocycles. The van der Waals surface area contributed by atoms with Crippen molar-refractivity contribution in [2.75, 3.05) is 39.3 Å². The molecule has 1 aliphatic heterocycles. The summed E-state index contributed by atoms with van der Waals surface area (Å²) >= 11 is 0. The minimum absolute atomic E-state index is 0. The smallest absolute Gasteiger partial charge is 0.339 e. The Balaban J connectivity index is 0.00000480. The fraction of sp³-hybridized carbons (Fsp3) is 0.353. The SMILES string of the molecule is CCN(CC)C(=O)c1ccc(C(c2cccc3cccnc23)N2CCN(Cc3ccc(C(F)(F)F)cc3C(F)(F)F)CC2)cc1.Cl. The Morgan fingerprint density at radius 3 is 2.11 bits per heavy atom. The van der Waals surface area contributed by atoms with Gasteiger partial charge in [0.2, 0.25) is 0 Å². The molecule has 0 N–H and O–H groups in total. The highest BCUT2D eigenvalue weighted by Gasteiger charge is 2.38. The van der Waals surface area contributed by atoms with Gasteiger partial charge in [-0.2, -0.15) is 26.3 Å². The molecule has 1 saturated heterocycles. The molecule has 1 unspecified atom stereocenters. The third kappa shape index (κ3) is 7.65. The Labute approximate surface area is 270 Å². The molecule has 0 radical (unpaired) electrons. The Morgan fingerprint density at radius 1 is 0.848 bits per heavy atom. The molecule has 0 saturated carbocycles. The van der Waals surface area contributed by atoms with E-state index in [9.17, 15) is 31.1 Å². The molecule has 1 fully saturated rings. The summed E-state index contributed by atoms with van der Waals surface area (Å²) in [7, 11) is 0. The van der Waals surface area contributed by atoms with Gasteiger partial charge in [-0.1, -0.05) is 42.5 Å². The molecule has 0 aliphatic carbocycles. The number of hydrogen-bond donors (Lipinski definition) is 0. The minimum atomic E-state index is -4.91. The second-order valence-corrected chi connectivity index (χ2v) is 11.1. The number of hydrogen-bond acceptors (Lipinski definition) is 4. The zero-order valence-corrected chi connectivity index (χ0v) is 26.2. The van der Waals surface area contributed by atoms with Crippen LogP contribution in [0, 0.1) is 0 Å². The third-order valence-electron chi connectivity index (χ3n) is 8.39. The van der Waals surface area contributed by atoms with Gasteiger partial charge in [0.15, 0.2) is 0 Å². The maximum Gasteiger partial charge on any atom is 0.416 e. The van der Waals surface area contributed by atoms with Crippen molar-refractivity contribution in [3.05, 3.63) is 112 Å². The first kappa shape index (κ1) is 35.2. The van der Waals surface area contributed by atoms with E-state index in [2.05, 4.69) is 9.88 Å². The summed E-state index contributed by atoms with van der Waals surface area (Å²) in [5.74, 6) is -0.0509. The van der Waals surface area contributed by atoms with Gasteiger partial charge in [-0.3, -0.25) is 19.6 Å². The van der Waals surface area contributed by atoms with Crippen LogP contribution in [0.25, 0.3) is 10.9 Å². The molecule has 0 spiro atoms. The summed E-state index contributed by atoms with van der Waals surface area (Å²) in [6.07, 6.45) is -8.05. The van der Waals surface area contributed by atoms with Gasteiger partial charge >= 0.3 is 12.4 Å². The lowest BCUT2D eigenvalue weighted by Crippen LogP contribution is -2.47. The molecule has 1 amide bonds. The van der Waals surface area contributed by atoms with Crippen LogP contribution in [0.5, 0.6) is 0 Å². The molecule has 1 atom stereocenters. The number of piperazine rings is 1. The fourth-order valence-corrected chi connectivity index (χ4v) is 6.01. The highest BCUT2D eigenvalue weighted by molar-refractivity contribution is 5.94. The number of aromatic nitrogens is 1. The summed E-state index contributed by atoms with van der Waals surface area (Å²) in [5.41, 5.74) is 0.548. The average molecular weight is 665 g/mol. The van der Waals surface area contributed by atoms with Gasteiger partial charge in [0, 0.05) is 68.5 Å². The quantitative estimate of drug-likeness (QED) is 0.179. The lowest BCUT2D eigenvalue weighted by Gasteiger charge is -2.40. The number of rotatable bonds is 8. The van der Waals surface area contributed by atoms with Crippen molar-refractivity contribution in [2.24, 2.45) is 0 Å². The highest BCUT2D eigenvalue weighted by atomic mass is 35.5. The first-order valence-corrected chi connectivity index (χ1v) is 14.9. The number of amides is 1. The molecule has 12 heteroatoms. The van der Waals surface area contributed by atoms with Gasteiger partial charge in [-0.15, -0.1) is 12.4 Å². The van der Waals surface area contributed by atoms with Crippen molar-refractivity contribution < 1.29 is 31.1 Å². The van der Waals surface area contributed by atoms with Crippen LogP contribution in [-0.4, -0.2) is 64.9 Å². The van der Waals surface area contributed by atoms with Gasteiger partial charge in [0.05, 0.1) is 22.7 Å².